The standard InChI is InChI=1S/C7H4Br2FNO/c8-5-3(7(11)12)1-2-4(10)6(5)9/h1-2H,(H2,11,12). The van der Waals surface area contributed by atoms with Crippen molar-refractivity contribution in [2.45, 2.75) is 0 Å². The summed E-state index contributed by atoms with van der Waals surface area (Å²) in [6.07, 6.45) is 0. The van der Waals surface area contributed by atoms with Crippen molar-refractivity contribution < 1.29 is 9.18 Å². The molecule has 1 aromatic rings. The van der Waals surface area contributed by atoms with Gasteiger partial charge in [-0.3, -0.25) is 4.79 Å². The van der Waals surface area contributed by atoms with Crippen molar-refractivity contribution in [1.29, 1.82) is 0 Å². The van der Waals surface area contributed by atoms with Crippen molar-refractivity contribution in [2.75, 3.05) is 0 Å². The van der Waals surface area contributed by atoms with Gasteiger partial charge in [-0.15, -0.1) is 0 Å². The number of rotatable bonds is 1. The molecule has 0 saturated heterocycles. The normalized spacial score (nSPS) is 9.92. The zero-order chi connectivity index (χ0) is 9.30. The number of carbonyl (C=O) groups is 1. The Kier molecular flexibility index (Phi) is 2.85. The van der Waals surface area contributed by atoms with Crippen LogP contribution in [-0.2, 0) is 0 Å². The first-order valence-corrected chi connectivity index (χ1v) is 4.56. The monoisotopic (exact) mass is 295 g/mol. The number of hydrogen-bond acceptors (Lipinski definition) is 1. The summed E-state index contributed by atoms with van der Waals surface area (Å²) in [5, 5.41) is 0. The molecule has 0 aromatic heterocycles. The summed E-state index contributed by atoms with van der Waals surface area (Å²) in [6, 6.07) is 2.50. The minimum atomic E-state index is -0.595. The van der Waals surface area contributed by atoms with E-state index in [1.807, 2.05) is 0 Å². The fourth-order valence-corrected chi connectivity index (χ4v) is 1.58. The van der Waals surface area contributed by atoms with E-state index < -0.39 is 11.7 Å². The van der Waals surface area contributed by atoms with Gasteiger partial charge in [0.05, 0.1) is 10.0 Å². The largest absolute Gasteiger partial charge is 0.366 e. The van der Waals surface area contributed by atoms with E-state index in [4.69, 9.17) is 5.73 Å². The molecule has 2 N–H and O–H groups in total. The van der Waals surface area contributed by atoms with Gasteiger partial charge in [-0.05, 0) is 44.0 Å². The van der Waals surface area contributed by atoms with Gasteiger partial charge in [0.1, 0.15) is 5.82 Å². The van der Waals surface area contributed by atoms with E-state index in [0.29, 0.717) is 4.47 Å². The van der Waals surface area contributed by atoms with Gasteiger partial charge in [-0.1, -0.05) is 0 Å². The first-order valence-electron chi connectivity index (χ1n) is 2.97. The van der Waals surface area contributed by atoms with Crippen molar-refractivity contribution in [3.05, 3.63) is 32.5 Å². The molecular weight excluding hydrogens is 293 g/mol. The summed E-state index contributed by atoms with van der Waals surface area (Å²) in [4.78, 5) is 10.7. The fourth-order valence-electron chi connectivity index (χ4n) is 0.716. The van der Waals surface area contributed by atoms with Crippen LogP contribution in [0.1, 0.15) is 10.4 Å². The third-order valence-electron chi connectivity index (χ3n) is 1.30. The van der Waals surface area contributed by atoms with Crippen molar-refractivity contribution >= 4 is 37.8 Å². The molecular formula is C7H4Br2FNO. The Morgan fingerprint density at radius 3 is 2.42 bits per heavy atom. The fraction of sp³-hybridized carbons (Fsp3) is 0. The highest BCUT2D eigenvalue weighted by Gasteiger charge is 2.11. The summed E-state index contributed by atoms with van der Waals surface area (Å²) < 4.78 is 13.3. The topological polar surface area (TPSA) is 43.1 Å². The molecule has 2 nitrogen and oxygen atoms in total. The molecule has 64 valence electrons. The number of primary amides is 1. The van der Waals surface area contributed by atoms with Crippen LogP contribution in [0.4, 0.5) is 4.39 Å². The lowest BCUT2D eigenvalue weighted by Gasteiger charge is -2.02. The predicted octanol–water partition coefficient (Wildman–Crippen LogP) is 2.45. The predicted molar refractivity (Wildman–Crippen MR) is 50.3 cm³/mol. The van der Waals surface area contributed by atoms with Crippen LogP contribution >= 0.6 is 31.9 Å². The molecule has 0 atom stereocenters. The van der Waals surface area contributed by atoms with E-state index in [9.17, 15) is 9.18 Å². The summed E-state index contributed by atoms with van der Waals surface area (Å²) >= 11 is 6.01. The second-order valence-corrected chi connectivity index (χ2v) is 3.67. The number of hydrogen-bond donors (Lipinski definition) is 1. The molecule has 1 amide bonds. The molecule has 0 saturated carbocycles. The molecule has 0 unspecified atom stereocenters. The lowest BCUT2D eigenvalue weighted by molar-refractivity contribution is 0.0999. The Bertz CT molecular complexity index is 340. The first-order chi connectivity index (χ1) is 5.54. The minimum Gasteiger partial charge on any atom is -0.366 e. The zero-order valence-electron chi connectivity index (χ0n) is 5.77. The van der Waals surface area contributed by atoms with Gasteiger partial charge in [0, 0.05) is 4.47 Å². The molecule has 0 fully saturated rings. The quantitative estimate of drug-likeness (QED) is 0.795. The van der Waals surface area contributed by atoms with Gasteiger partial charge in [-0.2, -0.15) is 0 Å². The lowest BCUT2D eigenvalue weighted by Crippen LogP contribution is -2.12. The van der Waals surface area contributed by atoms with E-state index in [0.717, 1.165) is 0 Å². The summed E-state index contributed by atoms with van der Waals surface area (Å²) in [6.45, 7) is 0. The molecule has 1 aromatic carbocycles. The highest BCUT2D eigenvalue weighted by Crippen LogP contribution is 2.28. The molecule has 0 aliphatic heterocycles. The Morgan fingerprint density at radius 2 is 1.92 bits per heavy atom. The SMILES string of the molecule is NC(=O)c1ccc(F)c(Br)c1Br. The number of carbonyl (C=O) groups excluding carboxylic acids is 1. The van der Waals surface area contributed by atoms with E-state index in [-0.39, 0.29) is 10.0 Å². The maximum Gasteiger partial charge on any atom is 0.249 e. The van der Waals surface area contributed by atoms with E-state index in [1.165, 1.54) is 12.1 Å². The summed E-state index contributed by atoms with van der Waals surface area (Å²) in [7, 11) is 0. The molecule has 0 aliphatic rings. The van der Waals surface area contributed by atoms with E-state index >= 15 is 0 Å². The molecule has 1 rings (SSSR count). The van der Waals surface area contributed by atoms with Gasteiger partial charge in [0.25, 0.3) is 0 Å². The van der Waals surface area contributed by atoms with Crippen LogP contribution in [0.15, 0.2) is 21.1 Å². The van der Waals surface area contributed by atoms with Crippen molar-refractivity contribution in [2.24, 2.45) is 5.73 Å². The second kappa shape index (κ2) is 3.53. The Labute approximate surface area is 85.2 Å². The van der Waals surface area contributed by atoms with E-state index in [1.54, 1.807) is 0 Å². The molecule has 0 bridgehead atoms. The third kappa shape index (κ3) is 1.67. The zero-order valence-corrected chi connectivity index (χ0v) is 8.95. The third-order valence-corrected chi connectivity index (χ3v) is 3.43. The van der Waals surface area contributed by atoms with E-state index in [2.05, 4.69) is 31.9 Å². The maximum absolute atomic E-state index is 12.8. The highest BCUT2D eigenvalue weighted by atomic mass is 79.9. The first kappa shape index (κ1) is 9.67. The average Bonchev–Trinajstić information content (AvgIpc) is 2.00. The molecule has 0 heterocycles. The van der Waals surface area contributed by atoms with Crippen molar-refractivity contribution in [3.63, 3.8) is 0 Å². The molecule has 0 spiro atoms. The minimum absolute atomic E-state index is 0.207. The molecule has 0 radical (unpaired) electrons. The summed E-state index contributed by atoms with van der Waals surface area (Å²) in [5.41, 5.74) is 5.27. The molecule has 0 aliphatic carbocycles. The van der Waals surface area contributed by atoms with Crippen LogP contribution in [0.25, 0.3) is 0 Å². The van der Waals surface area contributed by atoms with Crippen LogP contribution < -0.4 is 5.73 Å². The number of nitrogens with two attached hydrogens (primary N) is 1. The van der Waals surface area contributed by atoms with Gasteiger partial charge in [0.15, 0.2) is 0 Å². The maximum atomic E-state index is 12.8. The Balaban J connectivity index is 3.36. The van der Waals surface area contributed by atoms with Crippen LogP contribution in [-0.4, -0.2) is 5.91 Å². The van der Waals surface area contributed by atoms with Gasteiger partial charge < -0.3 is 5.73 Å². The van der Waals surface area contributed by atoms with Crippen LogP contribution in [0.5, 0.6) is 0 Å². The van der Waals surface area contributed by atoms with Crippen molar-refractivity contribution in [3.8, 4) is 0 Å². The average molecular weight is 297 g/mol. The number of halogens is 3. The van der Waals surface area contributed by atoms with Gasteiger partial charge in [-0.25, -0.2) is 4.39 Å². The van der Waals surface area contributed by atoms with Gasteiger partial charge >= 0.3 is 0 Å². The van der Waals surface area contributed by atoms with Crippen LogP contribution in [0, 0.1) is 5.82 Å². The Morgan fingerprint density at radius 1 is 1.33 bits per heavy atom. The molecule has 5 heteroatoms. The smallest absolute Gasteiger partial charge is 0.249 e. The number of amides is 1. The Hall–Kier alpha value is -0.420. The van der Waals surface area contributed by atoms with Crippen LogP contribution in [0.2, 0.25) is 0 Å². The highest BCUT2D eigenvalue weighted by molar-refractivity contribution is 9.13. The summed E-state index contributed by atoms with van der Waals surface area (Å²) in [5.74, 6) is -1.03. The molecule has 12 heavy (non-hydrogen) atoms. The second-order valence-electron chi connectivity index (χ2n) is 2.09. The van der Waals surface area contributed by atoms with Crippen molar-refractivity contribution in [1.82, 2.24) is 0 Å². The number of benzene rings is 1. The van der Waals surface area contributed by atoms with Crippen LogP contribution in [0.3, 0.4) is 0 Å². The lowest BCUT2D eigenvalue weighted by atomic mass is 10.2. The van der Waals surface area contributed by atoms with Gasteiger partial charge in [0.2, 0.25) is 5.91 Å².